The highest BCUT2D eigenvalue weighted by Crippen LogP contribution is 2.21. The molecule has 116 valence electrons. The van der Waals surface area contributed by atoms with Crippen molar-refractivity contribution in [3.05, 3.63) is 0 Å². The van der Waals surface area contributed by atoms with Crippen LogP contribution in [0.2, 0.25) is 0 Å². The van der Waals surface area contributed by atoms with Crippen LogP contribution >= 0.6 is 0 Å². The van der Waals surface area contributed by atoms with Crippen LogP contribution in [0.25, 0.3) is 0 Å². The van der Waals surface area contributed by atoms with Gasteiger partial charge in [-0.3, -0.25) is 4.79 Å². The van der Waals surface area contributed by atoms with Gasteiger partial charge in [0, 0.05) is 26.2 Å². The van der Waals surface area contributed by atoms with Gasteiger partial charge in [0.1, 0.15) is 6.04 Å². The van der Waals surface area contributed by atoms with E-state index in [0.717, 1.165) is 32.7 Å². The minimum atomic E-state index is -0.143. The number of hydrogen-bond acceptors (Lipinski definition) is 5. The Hall–Kier alpha value is -0.650. The van der Waals surface area contributed by atoms with Crippen molar-refractivity contribution < 1.29 is 14.3 Å². The average Bonchev–Trinajstić information content (AvgIpc) is 3.27. The topological polar surface area (TPSA) is 50.8 Å². The number of nitrogens with zero attached hydrogens (tertiary/aromatic N) is 1. The molecule has 2 rings (SSSR count). The van der Waals surface area contributed by atoms with Gasteiger partial charge >= 0.3 is 5.97 Å². The summed E-state index contributed by atoms with van der Waals surface area (Å²) in [5, 5.41) is 3.39. The van der Waals surface area contributed by atoms with Crippen LogP contribution in [-0.2, 0) is 14.3 Å². The van der Waals surface area contributed by atoms with Crippen molar-refractivity contribution in [3.63, 3.8) is 0 Å². The van der Waals surface area contributed by atoms with Crippen molar-refractivity contribution in [3.8, 4) is 0 Å². The summed E-state index contributed by atoms with van der Waals surface area (Å²) in [6.45, 7) is 4.03. The first-order valence-corrected chi connectivity index (χ1v) is 7.78. The first kappa shape index (κ1) is 15.7. The van der Waals surface area contributed by atoms with Gasteiger partial charge in [0.2, 0.25) is 0 Å². The molecule has 5 nitrogen and oxygen atoms in total. The summed E-state index contributed by atoms with van der Waals surface area (Å²) >= 11 is 0. The molecule has 1 aliphatic carbocycles. The molecule has 2 aliphatic rings. The van der Waals surface area contributed by atoms with Gasteiger partial charge in [0.15, 0.2) is 0 Å². The van der Waals surface area contributed by atoms with E-state index in [2.05, 4.69) is 10.2 Å². The molecule has 0 bridgehead atoms. The molecule has 0 aromatic carbocycles. The number of hydrogen-bond donors (Lipinski definition) is 1. The molecule has 2 unspecified atom stereocenters. The summed E-state index contributed by atoms with van der Waals surface area (Å²) in [5.74, 6) is 0.518. The monoisotopic (exact) mass is 284 g/mol. The molecule has 20 heavy (non-hydrogen) atoms. The van der Waals surface area contributed by atoms with Crippen molar-refractivity contribution in [2.24, 2.45) is 5.92 Å². The van der Waals surface area contributed by atoms with Gasteiger partial charge < -0.3 is 19.7 Å². The van der Waals surface area contributed by atoms with E-state index in [4.69, 9.17) is 9.47 Å². The standard InChI is InChI=1S/C15H28N2O3/c1-19-11-12-4-3-8-17(10-12)9-7-14(15(18)20-2)16-13-5-6-13/h12-14,16H,3-11H2,1-2H3. The van der Waals surface area contributed by atoms with Crippen LogP contribution in [0.5, 0.6) is 0 Å². The molecule has 2 atom stereocenters. The lowest BCUT2D eigenvalue weighted by Crippen LogP contribution is -2.44. The summed E-state index contributed by atoms with van der Waals surface area (Å²) in [6, 6.07) is 0.386. The van der Waals surface area contributed by atoms with Gasteiger partial charge in [-0.2, -0.15) is 0 Å². The van der Waals surface area contributed by atoms with Gasteiger partial charge in [-0.1, -0.05) is 0 Å². The summed E-state index contributed by atoms with van der Waals surface area (Å²) in [5.41, 5.74) is 0. The maximum Gasteiger partial charge on any atom is 0.322 e. The van der Waals surface area contributed by atoms with E-state index >= 15 is 0 Å². The van der Waals surface area contributed by atoms with Crippen molar-refractivity contribution in [1.29, 1.82) is 0 Å². The smallest absolute Gasteiger partial charge is 0.322 e. The molecule has 5 heteroatoms. The summed E-state index contributed by atoms with van der Waals surface area (Å²) in [6.07, 6.45) is 5.70. The highest BCUT2D eigenvalue weighted by atomic mass is 16.5. The third kappa shape index (κ3) is 5.04. The highest BCUT2D eigenvalue weighted by Gasteiger charge is 2.29. The molecule has 0 amide bonds. The number of nitrogens with one attached hydrogen (secondary N) is 1. The van der Waals surface area contributed by atoms with Gasteiger partial charge in [-0.05, 0) is 44.6 Å². The lowest BCUT2D eigenvalue weighted by Gasteiger charge is -2.33. The SMILES string of the molecule is COCC1CCCN(CCC(NC2CC2)C(=O)OC)C1. The molecular formula is C15H28N2O3. The van der Waals surface area contributed by atoms with Gasteiger partial charge in [0.05, 0.1) is 13.7 Å². The molecule has 0 radical (unpaired) electrons. The predicted octanol–water partition coefficient (Wildman–Crippen LogP) is 1.03. The van der Waals surface area contributed by atoms with Crippen molar-refractivity contribution >= 4 is 5.97 Å². The lowest BCUT2D eigenvalue weighted by atomic mass is 9.98. The van der Waals surface area contributed by atoms with E-state index in [-0.39, 0.29) is 12.0 Å². The fourth-order valence-corrected chi connectivity index (χ4v) is 2.98. The van der Waals surface area contributed by atoms with Crippen LogP contribution in [0.4, 0.5) is 0 Å². The van der Waals surface area contributed by atoms with E-state index in [0.29, 0.717) is 12.0 Å². The number of rotatable bonds is 8. The predicted molar refractivity (Wildman–Crippen MR) is 77.6 cm³/mol. The number of ether oxygens (including phenoxy) is 2. The second-order valence-corrected chi connectivity index (χ2v) is 6.07. The Morgan fingerprint density at radius 3 is 2.80 bits per heavy atom. The largest absolute Gasteiger partial charge is 0.468 e. The Morgan fingerprint density at radius 2 is 2.15 bits per heavy atom. The quantitative estimate of drug-likeness (QED) is 0.675. The van der Waals surface area contributed by atoms with Crippen LogP contribution in [0.3, 0.4) is 0 Å². The molecule has 0 aromatic rings. The van der Waals surface area contributed by atoms with Gasteiger partial charge in [-0.15, -0.1) is 0 Å². The molecule has 1 saturated carbocycles. The molecule has 0 aromatic heterocycles. The molecule has 1 heterocycles. The maximum atomic E-state index is 11.8. The Labute approximate surface area is 122 Å². The van der Waals surface area contributed by atoms with Crippen molar-refractivity contribution in [2.45, 2.75) is 44.2 Å². The third-order valence-electron chi connectivity index (χ3n) is 4.24. The fraction of sp³-hybridized carbons (Fsp3) is 0.933. The van der Waals surface area contributed by atoms with Crippen molar-refractivity contribution in [2.75, 3.05) is 40.5 Å². The van der Waals surface area contributed by atoms with Crippen LogP contribution in [0.15, 0.2) is 0 Å². The van der Waals surface area contributed by atoms with E-state index < -0.39 is 0 Å². The molecule has 0 spiro atoms. The molecule has 1 N–H and O–H groups in total. The average molecular weight is 284 g/mol. The first-order valence-electron chi connectivity index (χ1n) is 7.78. The van der Waals surface area contributed by atoms with E-state index in [9.17, 15) is 4.79 Å². The van der Waals surface area contributed by atoms with Gasteiger partial charge in [0.25, 0.3) is 0 Å². The molecule has 2 fully saturated rings. The first-order chi connectivity index (χ1) is 9.72. The van der Waals surface area contributed by atoms with Crippen LogP contribution in [0.1, 0.15) is 32.1 Å². The molecular weight excluding hydrogens is 256 g/mol. The number of piperidine rings is 1. The van der Waals surface area contributed by atoms with E-state index in [1.165, 1.54) is 32.8 Å². The number of likely N-dealkylation sites (tertiary alicyclic amines) is 1. The van der Waals surface area contributed by atoms with Gasteiger partial charge in [-0.25, -0.2) is 0 Å². The maximum absolute atomic E-state index is 11.8. The second-order valence-electron chi connectivity index (χ2n) is 6.07. The zero-order valence-electron chi connectivity index (χ0n) is 12.8. The van der Waals surface area contributed by atoms with Crippen LogP contribution < -0.4 is 5.32 Å². The third-order valence-corrected chi connectivity index (χ3v) is 4.24. The van der Waals surface area contributed by atoms with E-state index in [1.807, 2.05) is 0 Å². The van der Waals surface area contributed by atoms with Crippen LogP contribution in [0, 0.1) is 5.92 Å². The Kier molecular flexibility index (Phi) is 6.26. The molecule has 1 aliphatic heterocycles. The second kappa shape index (κ2) is 7.96. The normalized spacial score (nSPS) is 25.4. The van der Waals surface area contributed by atoms with E-state index in [1.54, 1.807) is 7.11 Å². The summed E-state index contributed by atoms with van der Waals surface area (Å²) < 4.78 is 10.2. The Balaban J connectivity index is 1.74. The number of methoxy groups -OCH3 is 2. The number of carbonyl (C=O) groups is 1. The fourth-order valence-electron chi connectivity index (χ4n) is 2.98. The molecule has 1 saturated heterocycles. The summed E-state index contributed by atoms with van der Waals surface area (Å²) in [7, 11) is 3.24. The highest BCUT2D eigenvalue weighted by molar-refractivity contribution is 5.75. The Morgan fingerprint density at radius 1 is 1.35 bits per heavy atom. The lowest BCUT2D eigenvalue weighted by molar-refractivity contribution is -0.143. The summed E-state index contributed by atoms with van der Waals surface area (Å²) in [4.78, 5) is 14.2. The number of esters is 1. The number of carbonyl (C=O) groups excluding carboxylic acids is 1. The zero-order chi connectivity index (χ0) is 14.4. The Bertz CT molecular complexity index is 305. The van der Waals surface area contributed by atoms with Crippen molar-refractivity contribution in [1.82, 2.24) is 10.2 Å². The zero-order valence-corrected chi connectivity index (χ0v) is 12.8. The minimum Gasteiger partial charge on any atom is -0.468 e. The minimum absolute atomic E-state index is 0.123. The van der Waals surface area contributed by atoms with Crippen LogP contribution in [-0.4, -0.2) is 63.4 Å².